The minimum Gasteiger partial charge on any atom is -0.350 e. The summed E-state index contributed by atoms with van der Waals surface area (Å²) in [6, 6.07) is 11.9. The van der Waals surface area contributed by atoms with Gasteiger partial charge in [0, 0.05) is 13.0 Å². The number of nitrogens with zero attached hydrogens (tertiary/aromatic N) is 1. The Labute approximate surface area is 159 Å². The summed E-state index contributed by atoms with van der Waals surface area (Å²) in [5, 5.41) is 2.86. The van der Waals surface area contributed by atoms with Crippen LogP contribution in [0.25, 0.3) is 0 Å². The van der Waals surface area contributed by atoms with Gasteiger partial charge in [-0.25, -0.2) is 12.7 Å². The van der Waals surface area contributed by atoms with Crippen molar-refractivity contribution >= 4 is 21.8 Å². The predicted molar refractivity (Wildman–Crippen MR) is 102 cm³/mol. The van der Waals surface area contributed by atoms with E-state index in [1.165, 1.54) is 17.7 Å². The van der Waals surface area contributed by atoms with Crippen LogP contribution in [0, 0.1) is 13.8 Å². The second-order valence-corrected chi connectivity index (χ2v) is 8.59. The zero-order valence-electron chi connectivity index (χ0n) is 15.5. The maximum atomic E-state index is 12.5. The van der Waals surface area contributed by atoms with Crippen LogP contribution >= 0.6 is 0 Å². The summed E-state index contributed by atoms with van der Waals surface area (Å²) in [6.45, 7) is 5.72. The van der Waals surface area contributed by atoms with Gasteiger partial charge < -0.3 is 5.32 Å². The van der Waals surface area contributed by atoms with Crippen LogP contribution in [-0.4, -0.2) is 31.1 Å². The molecule has 0 bridgehead atoms. The number of aryl methyl sites for hydroxylation is 2. The van der Waals surface area contributed by atoms with Crippen LogP contribution in [-0.2, 0) is 14.8 Å². The lowest BCUT2D eigenvalue weighted by Gasteiger charge is -2.18. The number of carbonyl (C=O) groups excluding carboxylic acids is 2. The first-order valence-corrected chi connectivity index (χ1v) is 10.2. The first-order chi connectivity index (χ1) is 12.7. The fraction of sp³-hybridized carbons (Fsp3) is 0.300. The maximum Gasteiger partial charge on any atom is 0.269 e. The molecule has 27 heavy (non-hydrogen) atoms. The van der Waals surface area contributed by atoms with Crippen LogP contribution < -0.4 is 5.32 Å². The molecule has 6 nitrogen and oxygen atoms in total. The molecule has 0 spiro atoms. The van der Waals surface area contributed by atoms with Gasteiger partial charge in [0.05, 0.1) is 11.6 Å². The van der Waals surface area contributed by atoms with Crippen LogP contribution in [0.15, 0.2) is 47.4 Å². The lowest BCUT2D eigenvalue weighted by Crippen LogP contribution is -2.35. The number of fused-ring (bicyclic) bond motifs is 1. The molecule has 0 radical (unpaired) electrons. The van der Waals surface area contributed by atoms with Gasteiger partial charge in [-0.1, -0.05) is 30.3 Å². The lowest BCUT2D eigenvalue weighted by molar-refractivity contribution is -0.121. The van der Waals surface area contributed by atoms with Crippen molar-refractivity contribution in [2.45, 2.75) is 38.1 Å². The standard InChI is InChI=1S/C20H22N2O4S/c1-13-8-9-16(12-14(13)2)15(3)21-19(23)10-11-22-20(24)17-6-4-5-7-18(17)27(22,25)26/h4-9,12,15H,10-11H2,1-3H3,(H,21,23)/t15-/m1/s1. The summed E-state index contributed by atoms with van der Waals surface area (Å²) in [6.07, 6.45) is -0.0891. The Balaban J connectivity index is 1.64. The molecule has 1 N–H and O–H groups in total. The van der Waals surface area contributed by atoms with Gasteiger partial charge in [0.2, 0.25) is 5.91 Å². The predicted octanol–water partition coefficient (Wildman–Crippen LogP) is 2.72. The van der Waals surface area contributed by atoms with Crippen molar-refractivity contribution in [3.05, 3.63) is 64.7 Å². The summed E-state index contributed by atoms with van der Waals surface area (Å²) in [4.78, 5) is 24.6. The summed E-state index contributed by atoms with van der Waals surface area (Å²) >= 11 is 0. The maximum absolute atomic E-state index is 12.5. The molecule has 3 rings (SSSR count). The van der Waals surface area contributed by atoms with E-state index in [0.717, 1.165) is 15.4 Å². The molecule has 0 saturated heterocycles. The number of amides is 2. The number of nitrogens with one attached hydrogen (secondary N) is 1. The SMILES string of the molecule is Cc1ccc([C@@H](C)NC(=O)CCN2C(=O)c3ccccc3S2(=O)=O)cc1C. The molecule has 1 aliphatic heterocycles. The Kier molecular flexibility index (Phi) is 5.06. The molecule has 142 valence electrons. The number of carbonyl (C=O) groups is 2. The number of benzene rings is 2. The highest BCUT2D eigenvalue weighted by Crippen LogP contribution is 2.29. The van der Waals surface area contributed by atoms with E-state index < -0.39 is 15.9 Å². The third-order valence-corrected chi connectivity index (χ3v) is 6.70. The number of rotatable bonds is 5. The average Bonchev–Trinajstić information content (AvgIpc) is 2.82. The van der Waals surface area contributed by atoms with Crippen molar-refractivity contribution in [3.63, 3.8) is 0 Å². The van der Waals surface area contributed by atoms with E-state index >= 15 is 0 Å². The zero-order valence-corrected chi connectivity index (χ0v) is 16.3. The lowest BCUT2D eigenvalue weighted by atomic mass is 10.0. The fourth-order valence-corrected chi connectivity index (χ4v) is 4.66. The molecular weight excluding hydrogens is 364 g/mol. The van der Waals surface area contributed by atoms with E-state index in [0.29, 0.717) is 0 Å². The highest BCUT2D eigenvalue weighted by molar-refractivity contribution is 7.90. The third-order valence-electron chi connectivity index (χ3n) is 4.86. The van der Waals surface area contributed by atoms with Gasteiger partial charge in [-0.2, -0.15) is 0 Å². The molecule has 0 fully saturated rings. The Morgan fingerprint density at radius 1 is 1.11 bits per heavy atom. The highest BCUT2D eigenvalue weighted by atomic mass is 32.2. The summed E-state index contributed by atoms with van der Waals surface area (Å²) < 4.78 is 25.8. The quantitative estimate of drug-likeness (QED) is 0.856. The minimum absolute atomic E-state index is 0.00101. The third kappa shape index (κ3) is 3.60. The normalized spacial score (nSPS) is 16.1. The van der Waals surface area contributed by atoms with Gasteiger partial charge >= 0.3 is 0 Å². The van der Waals surface area contributed by atoms with Crippen LogP contribution in [0.2, 0.25) is 0 Å². The largest absolute Gasteiger partial charge is 0.350 e. The molecule has 2 aromatic rings. The summed E-state index contributed by atoms with van der Waals surface area (Å²) in [5.41, 5.74) is 3.44. The van der Waals surface area contributed by atoms with E-state index in [-0.39, 0.29) is 35.4 Å². The summed E-state index contributed by atoms with van der Waals surface area (Å²) in [7, 11) is -3.88. The van der Waals surface area contributed by atoms with Crippen molar-refractivity contribution in [1.29, 1.82) is 0 Å². The topological polar surface area (TPSA) is 83.6 Å². The summed E-state index contributed by atoms with van der Waals surface area (Å²) in [5.74, 6) is -0.889. The molecular formula is C20H22N2O4S. The fourth-order valence-electron chi connectivity index (χ4n) is 3.09. The van der Waals surface area contributed by atoms with E-state index in [1.54, 1.807) is 12.1 Å². The second kappa shape index (κ2) is 7.15. The molecule has 1 aliphatic rings. The molecule has 0 aliphatic carbocycles. The van der Waals surface area contributed by atoms with Gasteiger partial charge in [-0.3, -0.25) is 9.59 Å². The molecule has 0 aromatic heterocycles. The van der Waals surface area contributed by atoms with Crippen LogP contribution in [0.1, 0.15) is 46.4 Å². The van der Waals surface area contributed by atoms with E-state index in [9.17, 15) is 18.0 Å². The number of hydrogen-bond donors (Lipinski definition) is 1. The molecule has 0 unspecified atom stereocenters. The van der Waals surface area contributed by atoms with Crippen molar-refractivity contribution < 1.29 is 18.0 Å². The molecule has 2 aromatic carbocycles. The van der Waals surface area contributed by atoms with E-state index in [2.05, 4.69) is 5.32 Å². The van der Waals surface area contributed by atoms with Crippen molar-refractivity contribution in [1.82, 2.24) is 9.62 Å². The zero-order chi connectivity index (χ0) is 19.8. The molecule has 7 heteroatoms. The smallest absolute Gasteiger partial charge is 0.269 e. The van der Waals surface area contributed by atoms with Crippen LogP contribution in [0.5, 0.6) is 0 Å². The Morgan fingerprint density at radius 3 is 2.48 bits per heavy atom. The van der Waals surface area contributed by atoms with Gasteiger partial charge in [-0.05, 0) is 49.6 Å². The van der Waals surface area contributed by atoms with Crippen molar-refractivity contribution in [3.8, 4) is 0 Å². The average molecular weight is 386 g/mol. The molecule has 1 atom stereocenters. The Hall–Kier alpha value is -2.67. The van der Waals surface area contributed by atoms with Crippen molar-refractivity contribution in [2.75, 3.05) is 6.54 Å². The first kappa shape index (κ1) is 19.1. The van der Waals surface area contributed by atoms with Crippen molar-refractivity contribution in [2.24, 2.45) is 0 Å². The second-order valence-electron chi connectivity index (χ2n) is 6.76. The Bertz CT molecular complexity index is 1010. The van der Waals surface area contributed by atoms with Gasteiger partial charge in [0.15, 0.2) is 0 Å². The molecule has 0 saturated carbocycles. The van der Waals surface area contributed by atoms with E-state index in [1.807, 2.05) is 39.0 Å². The highest BCUT2D eigenvalue weighted by Gasteiger charge is 2.40. The van der Waals surface area contributed by atoms with E-state index in [4.69, 9.17) is 0 Å². The first-order valence-electron chi connectivity index (χ1n) is 8.74. The van der Waals surface area contributed by atoms with Gasteiger partial charge in [0.1, 0.15) is 4.90 Å². The van der Waals surface area contributed by atoms with Gasteiger partial charge in [-0.15, -0.1) is 0 Å². The number of hydrogen-bond acceptors (Lipinski definition) is 4. The number of sulfonamides is 1. The molecule has 2 amide bonds. The van der Waals surface area contributed by atoms with Crippen LogP contribution in [0.4, 0.5) is 0 Å². The molecule has 1 heterocycles. The van der Waals surface area contributed by atoms with Gasteiger partial charge in [0.25, 0.3) is 15.9 Å². The van der Waals surface area contributed by atoms with Crippen LogP contribution in [0.3, 0.4) is 0 Å². The monoisotopic (exact) mass is 386 g/mol. The minimum atomic E-state index is -3.88. The Morgan fingerprint density at radius 2 is 1.81 bits per heavy atom.